The molecule has 0 aromatic carbocycles. The Bertz CT molecular complexity index is 1230. The summed E-state index contributed by atoms with van der Waals surface area (Å²) in [5, 5.41) is 22.1. The molecule has 1 atom stereocenters. The molecule has 1 aromatic heterocycles. The van der Waals surface area contributed by atoms with Crippen molar-refractivity contribution in [2.75, 3.05) is 52.8 Å². The van der Waals surface area contributed by atoms with Gasteiger partial charge in [-0.1, -0.05) is 6.92 Å². The number of hydrogen-bond acceptors (Lipinski definition) is 9. The van der Waals surface area contributed by atoms with Gasteiger partial charge in [-0.3, -0.25) is 9.78 Å². The minimum Gasteiger partial charge on any atom is -0.490 e. The van der Waals surface area contributed by atoms with E-state index in [1.807, 2.05) is 46.2 Å². The summed E-state index contributed by atoms with van der Waals surface area (Å²) in [5.41, 5.74) is 4.97. The number of allylic oxidation sites excluding steroid dienone is 3. The standard InChI is InChI=1S/C16H27N3O2.C16H19N3O2/c1-12-3-5-13(6-4-12)18-9-14(17-2)7-8-15-10-19-16(20)11-21-15;1-5-21-14-9-19-15-11(8-17)7-13(20-4)10(2)6-12(15)16(14)18-3/h7-8,12-13,17-18H,3-6,9-11H2,1-2H3,(H,19,20);6-7,9,13H,5H2,1-4H3,(H,18,19)/b14-7-,15-8+;. The highest BCUT2D eigenvalue weighted by molar-refractivity contribution is 5.88. The minimum atomic E-state index is -0.228. The number of fused-ring (bicyclic) bond motifs is 1. The van der Waals surface area contributed by atoms with E-state index in [4.69, 9.17) is 14.2 Å². The molecular formula is C32H46N6O4. The monoisotopic (exact) mass is 578 g/mol. The summed E-state index contributed by atoms with van der Waals surface area (Å²) in [4.78, 5) is 15.4. The topological polar surface area (TPSA) is 130 Å². The molecule has 42 heavy (non-hydrogen) atoms. The molecule has 4 N–H and O–H groups in total. The Labute approximate surface area is 250 Å². The average molecular weight is 579 g/mol. The van der Waals surface area contributed by atoms with Crippen LogP contribution in [0.25, 0.3) is 11.6 Å². The lowest BCUT2D eigenvalue weighted by Crippen LogP contribution is -2.36. The van der Waals surface area contributed by atoms with Crippen molar-refractivity contribution in [2.45, 2.75) is 58.6 Å². The third-order valence-electron chi connectivity index (χ3n) is 7.64. The summed E-state index contributed by atoms with van der Waals surface area (Å²) in [6.45, 7) is 8.22. The maximum Gasteiger partial charge on any atom is 0.258 e. The second-order valence-corrected chi connectivity index (χ2v) is 10.7. The molecule has 1 saturated heterocycles. The van der Waals surface area contributed by atoms with E-state index >= 15 is 0 Å². The van der Waals surface area contributed by atoms with Crippen molar-refractivity contribution in [1.82, 2.24) is 20.9 Å². The highest BCUT2D eigenvalue weighted by atomic mass is 16.5. The van der Waals surface area contributed by atoms with Gasteiger partial charge in [0, 0.05) is 45.1 Å². The van der Waals surface area contributed by atoms with Crippen LogP contribution in [0.1, 0.15) is 57.7 Å². The maximum atomic E-state index is 11.0. The molecule has 10 nitrogen and oxygen atoms in total. The van der Waals surface area contributed by atoms with Crippen molar-refractivity contribution in [2.24, 2.45) is 5.92 Å². The van der Waals surface area contributed by atoms with E-state index in [9.17, 15) is 10.1 Å². The van der Waals surface area contributed by atoms with Crippen molar-refractivity contribution < 1.29 is 19.0 Å². The lowest BCUT2D eigenvalue weighted by molar-refractivity contribution is -0.126. The predicted octanol–water partition coefficient (Wildman–Crippen LogP) is 4.15. The summed E-state index contributed by atoms with van der Waals surface area (Å²) in [7, 11) is 5.38. The van der Waals surface area contributed by atoms with E-state index in [1.165, 1.54) is 25.7 Å². The number of likely N-dealkylation sites (N-methyl/N-ethyl adjacent to an activating group) is 1. The molecule has 4 rings (SSSR count). The Morgan fingerprint density at radius 2 is 2.05 bits per heavy atom. The van der Waals surface area contributed by atoms with Gasteiger partial charge in [-0.15, -0.1) is 0 Å². The number of pyridine rings is 1. The van der Waals surface area contributed by atoms with E-state index in [-0.39, 0.29) is 18.6 Å². The van der Waals surface area contributed by atoms with Gasteiger partial charge in [0.2, 0.25) is 0 Å². The van der Waals surface area contributed by atoms with Crippen LogP contribution in [0.3, 0.4) is 0 Å². The van der Waals surface area contributed by atoms with E-state index < -0.39 is 0 Å². The smallest absolute Gasteiger partial charge is 0.258 e. The Hall–Kier alpha value is -3.81. The molecule has 1 unspecified atom stereocenters. The molecular weight excluding hydrogens is 532 g/mol. The number of nitrogens with zero attached hydrogens (tertiary/aromatic N) is 2. The van der Waals surface area contributed by atoms with Gasteiger partial charge in [-0.2, -0.15) is 5.26 Å². The van der Waals surface area contributed by atoms with Crippen LogP contribution in [-0.2, 0) is 14.3 Å². The van der Waals surface area contributed by atoms with Crippen LogP contribution in [0.4, 0.5) is 5.69 Å². The zero-order valence-electron chi connectivity index (χ0n) is 25.8. The van der Waals surface area contributed by atoms with Crippen LogP contribution in [0.2, 0.25) is 0 Å². The predicted molar refractivity (Wildman–Crippen MR) is 167 cm³/mol. The number of nitriles is 1. The van der Waals surface area contributed by atoms with Crippen LogP contribution in [0, 0.1) is 17.2 Å². The molecule has 228 valence electrons. The number of rotatable bonds is 9. The van der Waals surface area contributed by atoms with Gasteiger partial charge in [-0.05, 0) is 75.3 Å². The van der Waals surface area contributed by atoms with Crippen LogP contribution < -0.4 is 26.0 Å². The van der Waals surface area contributed by atoms with Crippen LogP contribution >= 0.6 is 0 Å². The van der Waals surface area contributed by atoms with Crippen LogP contribution in [0.5, 0.6) is 5.75 Å². The molecule has 1 aliphatic heterocycles. The van der Waals surface area contributed by atoms with Gasteiger partial charge in [0.05, 0.1) is 42.4 Å². The van der Waals surface area contributed by atoms with Gasteiger partial charge in [0.25, 0.3) is 5.91 Å². The number of aromatic nitrogens is 1. The van der Waals surface area contributed by atoms with Crippen molar-refractivity contribution in [3.63, 3.8) is 0 Å². The Morgan fingerprint density at radius 3 is 2.64 bits per heavy atom. The molecule has 1 saturated carbocycles. The third kappa shape index (κ3) is 9.10. The molecule has 2 heterocycles. The molecule has 1 aromatic rings. The summed E-state index contributed by atoms with van der Waals surface area (Å²) < 4.78 is 16.4. The van der Waals surface area contributed by atoms with Gasteiger partial charge >= 0.3 is 0 Å². The van der Waals surface area contributed by atoms with E-state index in [1.54, 1.807) is 19.4 Å². The van der Waals surface area contributed by atoms with E-state index in [2.05, 4.69) is 39.2 Å². The number of methoxy groups -OCH3 is 1. The van der Waals surface area contributed by atoms with Crippen LogP contribution in [0.15, 0.2) is 41.5 Å². The highest BCUT2D eigenvalue weighted by Gasteiger charge is 2.22. The van der Waals surface area contributed by atoms with Gasteiger partial charge in [0.1, 0.15) is 11.8 Å². The molecule has 10 heteroatoms. The van der Waals surface area contributed by atoms with Crippen molar-refractivity contribution in [1.29, 1.82) is 5.26 Å². The van der Waals surface area contributed by atoms with Crippen molar-refractivity contribution >= 4 is 23.2 Å². The first-order valence-electron chi connectivity index (χ1n) is 14.7. The summed E-state index contributed by atoms with van der Waals surface area (Å²) in [6.07, 6.45) is 14.4. The second-order valence-electron chi connectivity index (χ2n) is 10.7. The molecule has 2 aliphatic carbocycles. The number of carbonyl (C=O) groups is 1. The number of ether oxygens (including phenoxy) is 3. The third-order valence-corrected chi connectivity index (χ3v) is 7.64. The largest absolute Gasteiger partial charge is 0.490 e. The molecule has 2 fully saturated rings. The first-order valence-corrected chi connectivity index (χ1v) is 14.7. The molecule has 1 amide bonds. The Balaban J connectivity index is 0.000000230. The number of anilines is 1. The van der Waals surface area contributed by atoms with E-state index in [0.717, 1.165) is 40.7 Å². The Morgan fingerprint density at radius 1 is 1.29 bits per heavy atom. The lowest BCUT2D eigenvalue weighted by atomic mass is 9.87. The van der Waals surface area contributed by atoms with Gasteiger partial charge < -0.3 is 35.5 Å². The molecule has 0 bridgehead atoms. The summed E-state index contributed by atoms with van der Waals surface area (Å²) in [6, 6.07) is 2.84. The number of nitrogens with one attached hydrogen (secondary N) is 4. The number of morpholine rings is 1. The van der Waals surface area contributed by atoms with Gasteiger partial charge in [0.15, 0.2) is 12.4 Å². The van der Waals surface area contributed by atoms with Crippen molar-refractivity contribution in [3.8, 4) is 11.8 Å². The Kier molecular flexibility index (Phi) is 12.9. The molecule has 3 aliphatic rings. The summed E-state index contributed by atoms with van der Waals surface area (Å²) >= 11 is 0. The lowest BCUT2D eigenvalue weighted by Gasteiger charge is -2.27. The first kappa shape index (κ1) is 32.7. The zero-order chi connectivity index (χ0) is 30.5. The minimum absolute atomic E-state index is 0.0573. The normalized spacial score (nSPS) is 23.0. The van der Waals surface area contributed by atoms with Crippen LogP contribution in [-0.4, -0.2) is 70.5 Å². The first-order chi connectivity index (χ1) is 20.3. The van der Waals surface area contributed by atoms with Crippen molar-refractivity contribution in [3.05, 3.63) is 52.7 Å². The second kappa shape index (κ2) is 16.6. The highest BCUT2D eigenvalue weighted by Crippen LogP contribution is 2.36. The maximum absolute atomic E-state index is 11.0. The van der Waals surface area contributed by atoms with E-state index in [0.29, 0.717) is 36.2 Å². The fourth-order valence-electron chi connectivity index (χ4n) is 5.10. The average Bonchev–Trinajstić information content (AvgIpc) is 3.14. The quantitative estimate of drug-likeness (QED) is 0.341. The number of amides is 1. The summed E-state index contributed by atoms with van der Waals surface area (Å²) in [5.74, 6) is 2.30. The fraction of sp³-hybridized carbons (Fsp3) is 0.531. The van der Waals surface area contributed by atoms with Gasteiger partial charge in [-0.25, -0.2) is 0 Å². The molecule has 0 radical (unpaired) electrons. The zero-order valence-corrected chi connectivity index (χ0v) is 25.8. The fourth-order valence-corrected chi connectivity index (χ4v) is 5.10. The SMILES string of the molecule is CCOc1cnc2c(c1NC)C=C(C)C(OC)C=C2C#N.CN/C(=C\C=C1/CNC(=O)CO1)CNC1CCC(C)CC1. The number of hydrogen-bond donors (Lipinski definition) is 4. The molecule has 0 spiro atoms. The number of carbonyl (C=O) groups excluding carboxylic acids is 1.